The highest BCUT2D eigenvalue weighted by molar-refractivity contribution is 5.83. The monoisotopic (exact) mass is 341 g/mol. The first-order valence-corrected chi connectivity index (χ1v) is 8.88. The molecular weight excluding hydrogens is 318 g/mol. The van der Waals surface area contributed by atoms with Crippen molar-refractivity contribution in [3.63, 3.8) is 0 Å². The molecule has 0 aliphatic carbocycles. The van der Waals surface area contributed by atoms with E-state index in [1.165, 1.54) is 0 Å². The Balaban J connectivity index is 1.48. The molecule has 2 aliphatic heterocycles. The van der Waals surface area contributed by atoms with Crippen LogP contribution < -0.4 is 9.47 Å². The first kappa shape index (κ1) is 16.0. The van der Waals surface area contributed by atoms with Crippen molar-refractivity contribution in [2.75, 3.05) is 26.3 Å². The number of ether oxygens (including phenoxy) is 2. The third-order valence-electron chi connectivity index (χ3n) is 5.09. The number of piperidine rings is 1. The minimum Gasteiger partial charge on any atom is -0.486 e. The van der Waals surface area contributed by atoms with Crippen LogP contribution in [0.3, 0.4) is 0 Å². The molecule has 1 aromatic carbocycles. The van der Waals surface area contributed by atoms with Crippen LogP contribution in [0.5, 0.6) is 11.5 Å². The zero-order chi connectivity index (χ0) is 17.2. The van der Waals surface area contributed by atoms with Gasteiger partial charge in [-0.3, -0.25) is 4.79 Å². The molecule has 0 radical (unpaired) electrons. The molecule has 0 unspecified atom stereocenters. The lowest BCUT2D eigenvalue weighted by molar-refractivity contribution is -0.134. The van der Waals surface area contributed by atoms with Crippen molar-refractivity contribution in [1.82, 2.24) is 14.5 Å². The fraction of sp³-hybridized carbons (Fsp3) is 0.474. The third-order valence-corrected chi connectivity index (χ3v) is 5.09. The van der Waals surface area contributed by atoms with Gasteiger partial charge in [-0.2, -0.15) is 0 Å². The first-order valence-electron chi connectivity index (χ1n) is 8.88. The van der Waals surface area contributed by atoms with Crippen molar-refractivity contribution < 1.29 is 14.3 Å². The summed E-state index contributed by atoms with van der Waals surface area (Å²) in [7, 11) is 0. The molecule has 2 aliphatic rings. The number of hydrogen-bond donors (Lipinski definition) is 0. The highest BCUT2D eigenvalue weighted by Gasteiger charge is 2.28. The number of carbonyl (C=O) groups excluding carboxylic acids is 1. The summed E-state index contributed by atoms with van der Waals surface area (Å²) < 4.78 is 13.3. The molecule has 4 rings (SSSR count). The molecule has 1 aromatic heterocycles. The number of fused-ring (bicyclic) bond motifs is 1. The van der Waals surface area contributed by atoms with Crippen molar-refractivity contribution in [2.45, 2.75) is 31.7 Å². The molecular formula is C19H23N3O3. The smallest absolute Gasteiger partial charge is 0.229 e. The number of hydrogen-bond acceptors (Lipinski definition) is 4. The van der Waals surface area contributed by atoms with E-state index in [1.54, 1.807) is 6.20 Å². The van der Waals surface area contributed by atoms with Crippen LogP contribution in [0.2, 0.25) is 0 Å². The Kier molecular flexibility index (Phi) is 4.34. The van der Waals surface area contributed by atoms with E-state index in [0.29, 0.717) is 19.3 Å². The van der Waals surface area contributed by atoms with Crippen LogP contribution in [0, 0.1) is 0 Å². The number of nitrogens with zero attached hydrogens (tertiary/aromatic N) is 3. The molecule has 25 heavy (non-hydrogen) atoms. The number of carbonyl (C=O) groups is 1. The minimum absolute atomic E-state index is 0.168. The van der Waals surface area contributed by atoms with Crippen molar-refractivity contribution in [1.29, 1.82) is 0 Å². The fourth-order valence-corrected chi connectivity index (χ4v) is 3.63. The van der Waals surface area contributed by atoms with Gasteiger partial charge in [0.25, 0.3) is 0 Å². The Labute approximate surface area is 147 Å². The average Bonchev–Trinajstić information content (AvgIpc) is 3.21. The summed E-state index contributed by atoms with van der Waals surface area (Å²) in [5, 5.41) is 0. The van der Waals surface area contributed by atoms with Crippen LogP contribution in [0.15, 0.2) is 36.9 Å². The van der Waals surface area contributed by atoms with Gasteiger partial charge in [-0.05, 0) is 37.5 Å². The van der Waals surface area contributed by atoms with Crippen LogP contribution in [0.25, 0.3) is 0 Å². The summed E-state index contributed by atoms with van der Waals surface area (Å²) in [6, 6.07) is 6.12. The largest absolute Gasteiger partial charge is 0.486 e. The van der Waals surface area contributed by atoms with Crippen LogP contribution in [0.4, 0.5) is 0 Å². The van der Waals surface area contributed by atoms with Crippen molar-refractivity contribution in [3.05, 3.63) is 42.5 Å². The Morgan fingerprint density at radius 2 is 2.12 bits per heavy atom. The summed E-state index contributed by atoms with van der Waals surface area (Å²) in [5.74, 6) is 1.46. The number of imidazole rings is 1. The molecule has 6 nitrogen and oxygen atoms in total. The normalized spacial score (nSPS) is 21.0. The quantitative estimate of drug-likeness (QED) is 0.861. The van der Waals surface area contributed by atoms with E-state index in [-0.39, 0.29) is 11.8 Å². The van der Waals surface area contributed by atoms with Crippen molar-refractivity contribution in [3.8, 4) is 11.5 Å². The van der Waals surface area contributed by atoms with E-state index >= 15 is 0 Å². The van der Waals surface area contributed by atoms with Crippen LogP contribution in [-0.2, 0) is 4.79 Å². The maximum absolute atomic E-state index is 13.0. The first-order chi connectivity index (χ1) is 12.2. The summed E-state index contributed by atoms with van der Waals surface area (Å²) >= 11 is 0. The van der Waals surface area contributed by atoms with E-state index in [4.69, 9.17) is 9.47 Å². The van der Waals surface area contributed by atoms with Gasteiger partial charge in [0, 0.05) is 25.5 Å². The SMILES string of the molecule is C[C@H](C(=O)N1CCC[C@@H](n2ccnc2)C1)c1ccc2c(c1)OCCO2. The van der Waals surface area contributed by atoms with E-state index in [0.717, 1.165) is 43.0 Å². The maximum atomic E-state index is 13.0. The molecule has 1 saturated heterocycles. The third kappa shape index (κ3) is 3.21. The molecule has 0 saturated carbocycles. The van der Waals surface area contributed by atoms with Crippen molar-refractivity contribution in [2.24, 2.45) is 0 Å². The molecule has 2 aromatic rings. The lowest BCUT2D eigenvalue weighted by Crippen LogP contribution is -2.42. The second-order valence-corrected chi connectivity index (χ2v) is 6.71. The van der Waals surface area contributed by atoms with Gasteiger partial charge in [-0.1, -0.05) is 6.07 Å². The predicted octanol–water partition coefficient (Wildman–Crippen LogP) is 2.62. The Morgan fingerprint density at radius 3 is 2.92 bits per heavy atom. The lowest BCUT2D eigenvalue weighted by Gasteiger charge is -2.35. The second kappa shape index (κ2) is 6.78. The summed E-state index contributed by atoms with van der Waals surface area (Å²) in [5.41, 5.74) is 0.971. The van der Waals surface area contributed by atoms with E-state index in [9.17, 15) is 4.79 Å². The van der Waals surface area contributed by atoms with E-state index in [2.05, 4.69) is 9.55 Å². The van der Waals surface area contributed by atoms with Gasteiger partial charge in [-0.25, -0.2) is 4.98 Å². The fourth-order valence-electron chi connectivity index (χ4n) is 3.63. The number of likely N-dealkylation sites (tertiary alicyclic amines) is 1. The Morgan fingerprint density at radius 1 is 1.28 bits per heavy atom. The minimum atomic E-state index is -0.197. The second-order valence-electron chi connectivity index (χ2n) is 6.71. The highest BCUT2D eigenvalue weighted by Crippen LogP contribution is 2.34. The molecule has 3 heterocycles. The zero-order valence-corrected chi connectivity index (χ0v) is 14.4. The number of aromatic nitrogens is 2. The Hall–Kier alpha value is -2.50. The molecule has 0 N–H and O–H groups in total. The van der Waals surface area contributed by atoms with Gasteiger partial charge >= 0.3 is 0 Å². The molecule has 6 heteroatoms. The molecule has 1 fully saturated rings. The number of amides is 1. The van der Waals surface area contributed by atoms with Gasteiger partial charge in [0.05, 0.1) is 18.3 Å². The topological polar surface area (TPSA) is 56.6 Å². The van der Waals surface area contributed by atoms with Crippen LogP contribution in [0.1, 0.15) is 37.3 Å². The highest BCUT2D eigenvalue weighted by atomic mass is 16.6. The van der Waals surface area contributed by atoms with E-state index in [1.807, 2.05) is 42.5 Å². The number of rotatable bonds is 3. The predicted molar refractivity (Wildman–Crippen MR) is 92.9 cm³/mol. The Bertz CT molecular complexity index is 744. The van der Waals surface area contributed by atoms with Gasteiger partial charge in [-0.15, -0.1) is 0 Å². The van der Waals surface area contributed by atoms with Gasteiger partial charge in [0.15, 0.2) is 11.5 Å². The van der Waals surface area contributed by atoms with Gasteiger partial charge < -0.3 is 18.9 Å². The van der Waals surface area contributed by atoms with Crippen LogP contribution in [-0.4, -0.2) is 46.7 Å². The standard InChI is InChI=1S/C19H23N3O3/c1-14(15-4-5-17-18(11-15)25-10-9-24-17)19(23)21-7-2-3-16(12-21)22-8-6-20-13-22/h4-6,8,11,13-14,16H,2-3,7,9-10,12H2,1H3/t14-,16+/m0/s1. The average molecular weight is 341 g/mol. The summed E-state index contributed by atoms with van der Waals surface area (Å²) in [4.78, 5) is 19.1. The summed E-state index contributed by atoms with van der Waals surface area (Å²) in [6.45, 7) is 4.65. The molecule has 2 atom stereocenters. The summed E-state index contributed by atoms with van der Waals surface area (Å²) in [6.07, 6.45) is 7.70. The maximum Gasteiger partial charge on any atom is 0.229 e. The lowest BCUT2D eigenvalue weighted by atomic mass is 9.97. The van der Waals surface area contributed by atoms with Crippen molar-refractivity contribution >= 4 is 5.91 Å². The van der Waals surface area contributed by atoms with E-state index < -0.39 is 0 Å². The number of benzene rings is 1. The molecule has 0 spiro atoms. The molecule has 132 valence electrons. The zero-order valence-electron chi connectivity index (χ0n) is 14.4. The van der Waals surface area contributed by atoms with Gasteiger partial charge in [0.1, 0.15) is 13.2 Å². The van der Waals surface area contributed by atoms with Gasteiger partial charge in [0.2, 0.25) is 5.91 Å². The molecule has 0 bridgehead atoms. The van der Waals surface area contributed by atoms with Crippen LogP contribution >= 0.6 is 0 Å². The molecule has 1 amide bonds.